The number of alkyl halides is 6. The zero-order valence-electron chi connectivity index (χ0n) is 20.1. The van der Waals surface area contributed by atoms with Gasteiger partial charge in [0.25, 0.3) is 0 Å². The van der Waals surface area contributed by atoms with Gasteiger partial charge in [-0.2, -0.15) is 31.4 Å². The van der Waals surface area contributed by atoms with Gasteiger partial charge in [-0.05, 0) is 19.1 Å². The van der Waals surface area contributed by atoms with Crippen molar-refractivity contribution in [1.82, 2.24) is 29.8 Å². The number of carboxylic acids is 2. The normalized spacial score (nSPS) is 15.5. The molecule has 12 nitrogen and oxygen atoms in total. The van der Waals surface area contributed by atoms with Crippen LogP contribution in [0.25, 0.3) is 0 Å². The molecule has 3 aromatic rings. The molecule has 0 saturated heterocycles. The van der Waals surface area contributed by atoms with Crippen molar-refractivity contribution in [3.8, 4) is 0 Å². The van der Waals surface area contributed by atoms with Crippen molar-refractivity contribution >= 4 is 17.9 Å². The van der Waals surface area contributed by atoms with Crippen molar-refractivity contribution < 1.29 is 50.7 Å². The predicted octanol–water partition coefficient (Wildman–Crippen LogP) is 2.98. The van der Waals surface area contributed by atoms with Gasteiger partial charge in [-0.15, -0.1) is 0 Å². The minimum Gasteiger partial charge on any atom is -0.475 e. The molecule has 0 amide bonds. The van der Waals surface area contributed by atoms with E-state index in [4.69, 9.17) is 24.3 Å². The van der Waals surface area contributed by atoms with E-state index < -0.39 is 24.3 Å². The molecule has 0 spiro atoms. The highest BCUT2D eigenvalue weighted by Gasteiger charge is 2.38. The van der Waals surface area contributed by atoms with Crippen molar-refractivity contribution in [1.29, 1.82) is 0 Å². The van der Waals surface area contributed by atoms with Gasteiger partial charge in [0.1, 0.15) is 5.76 Å². The Bertz CT molecular complexity index is 1180. The first-order valence-corrected chi connectivity index (χ1v) is 10.9. The lowest BCUT2D eigenvalue weighted by Gasteiger charge is -2.23. The fourth-order valence-electron chi connectivity index (χ4n) is 3.22. The summed E-state index contributed by atoms with van der Waals surface area (Å²) in [5.41, 5.74) is 2.18. The van der Waals surface area contributed by atoms with Gasteiger partial charge in [-0.25, -0.2) is 19.6 Å². The Morgan fingerprint density at radius 3 is 2.15 bits per heavy atom. The highest BCUT2D eigenvalue weighted by Crippen LogP contribution is 2.19. The summed E-state index contributed by atoms with van der Waals surface area (Å²) in [6, 6.07) is 5.89. The van der Waals surface area contributed by atoms with Crippen LogP contribution in [0.2, 0.25) is 0 Å². The van der Waals surface area contributed by atoms with E-state index in [1.807, 2.05) is 25.3 Å². The quantitative estimate of drug-likeness (QED) is 0.389. The molecule has 0 aromatic carbocycles. The van der Waals surface area contributed by atoms with Crippen molar-refractivity contribution in [3.05, 3.63) is 53.9 Å². The molecule has 0 aliphatic carbocycles. The minimum absolute atomic E-state index is 0.387. The van der Waals surface area contributed by atoms with Gasteiger partial charge < -0.3 is 20.1 Å². The molecule has 0 saturated carbocycles. The molecule has 1 atom stereocenters. The minimum atomic E-state index is -5.08. The largest absolute Gasteiger partial charge is 0.490 e. The number of rotatable bonds is 5. The maximum atomic E-state index is 10.6. The van der Waals surface area contributed by atoms with Crippen LogP contribution < -0.4 is 5.32 Å². The van der Waals surface area contributed by atoms with E-state index in [9.17, 15) is 26.3 Å². The van der Waals surface area contributed by atoms with Crippen LogP contribution in [0.4, 0.5) is 32.3 Å². The Morgan fingerprint density at radius 1 is 1.05 bits per heavy atom. The Hall–Kier alpha value is -4.22. The molecule has 0 bridgehead atoms. The second-order valence-corrected chi connectivity index (χ2v) is 8.03. The Labute approximate surface area is 216 Å². The zero-order valence-corrected chi connectivity index (χ0v) is 20.1. The molecule has 3 N–H and O–H groups in total. The molecule has 4 heterocycles. The zero-order chi connectivity index (χ0) is 29.2. The first-order chi connectivity index (χ1) is 18.1. The van der Waals surface area contributed by atoms with Gasteiger partial charge in [-0.1, -0.05) is 5.16 Å². The molecule has 3 aromatic heterocycles. The summed E-state index contributed by atoms with van der Waals surface area (Å²) in [4.78, 5) is 28.6. The summed E-state index contributed by atoms with van der Waals surface area (Å²) in [5.74, 6) is -3.63. The van der Waals surface area contributed by atoms with Crippen molar-refractivity contribution in [3.63, 3.8) is 0 Å². The monoisotopic (exact) mass is 567 g/mol. The number of hydrogen-bond acceptors (Lipinski definition) is 9. The average molecular weight is 567 g/mol. The summed E-state index contributed by atoms with van der Waals surface area (Å²) in [6.07, 6.45) is -4.82. The number of carbonyl (C=O) groups is 2. The van der Waals surface area contributed by atoms with Crippen molar-refractivity contribution in [2.24, 2.45) is 5.92 Å². The molecule has 39 heavy (non-hydrogen) atoms. The van der Waals surface area contributed by atoms with Gasteiger partial charge in [0.2, 0.25) is 5.95 Å². The lowest BCUT2D eigenvalue weighted by molar-refractivity contribution is -0.193. The lowest BCUT2D eigenvalue weighted by Crippen LogP contribution is -2.31. The van der Waals surface area contributed by atoms with Crippen LogP contribution in [0.1, 0.15) is 17.1 Å². The molecular weight excluding hydrogens is 544 g/mol. The molecule has 1 unspecified atom stereocenters. The number of aromatic nitrogens is 5. The number of carboxylic acid groups (broad SMARTS) is 2. The number of aliphatic carboxylic acids is 2. The lowest BCUT2D eigenvalue weighted by atomic mass is 10.1. The van der Waals surface area contributed by atoms with E-state index in [1.54, 1.807) is 12.4 Å². The average Bonchev–Trinajstić information content (AvgIpc) is 3.41. The second kappa shape index (κ2) is 13.5. The molecule has 1 aliphatic rings. The summed E-state index contributed by atoms with van der Waals surface area (Å²) in [7, 11) is 0. The fraction of sp³-hybridized carbons (Fsp3) is 0.429. The first kappa shape index (κ1) is 31.0. The fourth-order valence-corrected chi connectivity index (χ4v) is 3.22. The summed E-state index contributed by atoms with van der Waals surface area (Å²) in [6.45, 7) is 6.13. The molecule has 0 fully saturated rings. The van der Waals surface area contributed by atoms with Crippen molar-refractivity contribution in [2.45, 2.75) is 38.9 Å². The number of fused-ring (bicyclic) bond motifs is 1. The predicted molar refractivity (Wildman–Crippen MR) is 119 cm³/mol. The van der Waals surface area contributed by atoms with Crippen LogP contribution in [-0.4, -0.2) is 77.4 Å². The molecule has 18 heteroatoms. The molecule has 214 valence electrons. The third kappa shape index (κ3) is 11.0. The highest BCUT2D eigenvalue weighted by molar-refractivity contribution is 5.73. The maximum absolute atomic E-state index is 10.6. The summed E-state index contributed by atoms with van der Waals surface area (Å²) < 4.78 is 70.8. The number of anilines is 1. The van der Waals surface area contributed by atoms with Crippen LogP contribution in [0.3, 0.4) is 0 Å². The third-order valence-corrected chi connectivity index (χ3v) is 4.80. The van der Waals surface area contributed by atoms with Crippen LogP contribution in [0.15, 0.2) is 41.3 Å². The molecule has 4 rings (SSSR count). The Kier molecular flexibility index (Phi) is 10.8. The standard InChI is InChI=1S/C17H21N7O.2C2HF3O2/c1-13-7-15(22-25-13)11-23-9-14(8-20-17-18-4-2-5-19-17)10-24-16(12-23)3-6-21-24;2*3-2(4,5)1(6)7/h2-7,14H,8-12H2,1H3,(H,18,19,20);2*(H,6,7). The summed E-state index contributed by atoms with van der Waals surface area (Å²) in [5, 5.41) is 26.2. The number of halogens is 6. The molecular formula is C21H23F6N7O5. The van der Waals surface area contributed by atoms with Crippen LogP contribution in [-0.2, 0) is 29.2 Å². The van der Waals surface area contributed by atoms with E-state index in [-0.39, 0.29) is 0 Å². The first-order valence-electron chi connectivity index (χ1n) is 10.9. The number of nitrogens with zero attached hydrogens (tertiary/aromatic N) is 6. The van der Waals surface area contributed by atoms with E-state index in [0.29, 0.717) is 11.9 Å². The number of aryl methyl sites for hydroxylation is 1. The van der Waals surface area contributed by atoms with Gasteiger partial charge in [0, 0.05) is 63.3 Å². The smallest absolute Gasteiger partial charge is 0.475 e. The van der Waals surface area contributed by atoms with Crippen molar-refractivity contribution in [2.75, 3.05) is 18.4 Å². The van der Waals surface area contributed by atoms with Crippen LogP contribution >= 0.6 is 0 Å². The third-order valence-electron chi connectivity index (χ3n) is 4.80. The number of hydrogen-bond donors (Lipinski definition) is 3. The Balaban J connectivity index is 0.000000317. The maximum Gasteiger partial charge on any atom is 0.490 e. The summed E-state index contributed by atoms with van der Waals surface area (Å²) >= 11 is 0. The number of nitrogens with one attached hydrogen (secondary N) is 1. The van der Waals surface area contributed by atoms with E-state index >= 15 is 0 Å². The van der Waals surface area contributed by atoms with Gasteiger partial charge in [0.15, 0.2) is 0 Å². The van der Waals surface area contributed by atoms with Crippen LogP contribution in [0, 0.1) is 12.8 Å². The topological polar surface area (TPSA) is 160 Å². The Morgan fingerprint density at radius 2 is 1.64 bits per heavy atom. The van der Waals surface area contributed by atoms with Gasteiger partial charge >= 0.3 is 24.3 Å². The second-order valence-electron chi connectivity index (χ2n) is 8.03. The van der Waals surface area contributed by atoms with E-state index in [2.05, 4.69) is 41.2 Å². The van der Waals surface area contributed by atoms with Gasteiger partial charge in [-0.3, -0.25) is 9.58 Å². The highest BCUT2D eigenvalue weighted by atomic mass is 19.4. The van der Waals surface area contributed by atoms with Gasteiger partial charge in [0.05, 0.1) is 11.4 Å². The SMILES string of the molecule is Cc1cc(CN2Cc3ccnn3CC(CNc3ncccn3)C2)no1.O=C(O)C(F)(F)F.O=C(O)C(F)(F)F. The van der Waals surface area contributed by atoms with E-state index in [0.717, 1.165) is 44.2 Å². The van der Waals surface area contributed by atoms with Crippen LogP contribution in [0.5, 0.6) is 0 Å². The van der Waals surface area contributed by atoms with E-state index in [1.165, 1.54) is 5.69 Å². The molecule has 0 radical (unpaired) electrons. The molecule has 1 aliphatic heterocycles.